The van der Waals surface area contributed by atoms with E-state index >= 15 is 0 Å². The molecule has 0 aliphatic heterocycles. The summed E-state index contributed by atoms with van der Waals surface area (Å²) < 4.78 is 34.9. The molecule has 0 saturated heterocycles. The van der Waals surface area contributed by atoms with Crippen molar-refractivity contribution in [3.63, 3.8) is 0 Å². The van der Waals surface area contributed by atoms with Gasteiger partial charge in [0.05, 0.1) is 18.8 Å². The Bertz CT molecular complexity index is 846. The maximum Gasteiger partial charge on any atom is 0.397 e. The first-order chi connectivity index (χ1) is 16.3. The Morgan fingerprint density at radius 1 is 0.971 bits per heavy atom. The topological polar surface area (TPSA) is 104 Å². The van der Waals surface area contributed by atoms with Crippen molar-refractivity contribution in [3.05, 3.63) is 0 Å². The Morgan fingerprint density at radius 3 is 2.31 bits per heavy atom. The maximum atomic E-state index is 11.5. The molecule has 0 bridgehead atoms. The lowest BCUT2D eigenvalue weighted by Crippen LogP contribution is -2.58. The Kier molecular flexibility index (Phi) is 8.08. The summed E-state index contributed by atoms with van der Waals surface area (Å²) in [5.41, 5.74) is 0.642. The number of aliphatic hydroxyl groups is 2. The summed E-state index contributed by atoms with van der Waals surface area (Å²) in [6, 6.07) is 0. The summed E-state index contributed by atoms with van der Waals surface area (Å²) in [6.45, 7) is 11.3. The number of fused-ring (bicyclic) bond motifs is 5. The second-order valence-electron chi connectivity index (χ2n) is 13.7. The van der Waals surface area contributed by atoms with Crippen LogP contribution in [0.15, 0.2) is 0 Å². The summed E-state index contributed by atoms with van der Waals surface area (Å²) in [5, 5.41) is 22.0. The van der Waals surface area contributed by atoms with Gasteiger partial charge in [-0.2, -0.15) is 8.42 Å². The minimum atomic E-state index is -4.48. The van der Waals surface area contributed by atoms with Gasteiger partial charge in [0.2, 0.25) is 0 Å². The van der Waals surface area contributed by atoms with Gasteiger partial charge in [-0.3, -0.25) is 4.55 Å². The zero-order chi connectivity index (χ0) is 25.8. The first kappa shape index (κ1) is 27.8. The fourth-order valence-corrected chi connectivity index (χ4v) is 10.0. The van der Waals surface area contributed by atoms with E-state index in [-0.39, 0.29) is 24.0 Å². The SMILES string of the molecule is CC(COS(=O)(=O)O)C(O)CC[C@@H](C)C1CCC2C3C(O)C[C@H]4C[C@@H](C)CC[C@]4(C)C3CC[C@@]21C. The van der Waals surface area contributed by atoms with Crippen molar-refractivity contribution < 1.29 is 27.4 Å². The highest BCUT2D eigenvalue weighted by atomic mass is 32.3. The van der Waals surface area contributed by atoms with Crippen molar-refractivity contribution in [1.29, 1.82) is 0 Å². The Morgan fingerprint density at radius 2 is 1.63 bits per heavy atom. The van der Waals surface area contributed by atoms with Crippen LogP contribution in [0, 0.1) is 58.2 Å². The van der Waals surface area contributed by atoms with Crippen molar-refractivity contribution in [2.24, 2.45) is 58.2 Å². The largest absolute Gasteiger partial charge is 0.397 e. The predicted molar refractivity (Wildman–Crippen MR) is 137 cm³/mol. The molecular weight excluding hydrogens is 464 g/mol. The van der Waals surface area contributed by atoms with Crippen LogP contribution in [0.25, 0.3) is 0 Å². The van der Waals surface area contributed by atoms with Crippen molar-refractivity contribution in [3.8, 4) is 0 Å². The van der Waals surface area contributed by atoms with Crippen LogP contribution in [0.3, 0.4) is 0 Å². The van der Waals surface area contributed by atoms with Crippen molar-refractivity contribution in [1.82, 2.24) is 0 Å². The molecule has 0 aromatic rings. The normalized spacial score (nSPS) is 46.2. The van der Waals surface area contributed by atoms with E-state index in [9.17, 15) is 18.6 Å². The van der Waals surface area contributed by atoms with E-state index in [1.807, 2.05) is 0 Å². The lowest BCUT2D eigenvalue weighted by atomic mass is 9.43. The number of rotatable bonds is 8. The van der Waals surface area contributed by atoms with E-state index in [0.717, 1.165) is 18.8 Å². The molecule has 0 radical (unpaired) electrons. The van der Waals surface area contributed by atoms with Crippen LogP contribution in [0.2, 0.25) is 0 Å². The average molecular weight is 515 g/mol. The van der Waals surface area contributed by atoms with Gasteiger partial charge in [0.1, 0.15) is 0 Å². The summed E-state index contributed by atoms with van der Waals surface area (Å²) >= 11 is 0. The molecule has 4 saturated carbocycles. The molecule has 0 spiro atoms. The highest BCUT2D eigenvalue weighted by Gasteiger charge is 2.62. The molecule has 7 heteroatoms. The molecule has 204 valence electrons. The van der Waals surface area contributed by atoms with Crippen molar-refractivity contribution in [2.75, 3.05) is 6.61 Å². The van der Waals surface area contributed by atoms with E-state index in [0.29, 0.717) is 47.3 Å². The lowest BCUT2D eigenvalue weighted by molar-refractivity contribution is -0.168. The summed E-state index contributed by atoms with van der Waals surface area (Å²) in [5.74, 6) is 3.84. The second-order valence-corrected chi connectivity index (χ2v) is 14.8. The van der Waals surface area contributed by atoms with E-state index in [1.54, 1.807) is 6.92 Å². The molecule has 35 heavy (non-hydrogen) atoms. The summed E-state index contributed by atoms with van der Waals surface area (Å²) in [7, 11) is -4.48. The molecular formula is C28H50O6S. The fraction of sp³-hybridized carbons (Fsp3) is 1.00. The Labute approximate surface area is 213 Å². The standard InChI is InChI=1S/C28H50O6S/c1-17-10-12-27(4)20(14-17)15-25(30)26-22-8-7-21(28(22,5)13-11-23(26)27)18(2)6-9-24(29)19(3)16-34-35(31,32)33/h17-26,29-30H,6-16H2,1-5H3,(H,31,32,33)/t17-,18+,19?,20+,21?,22?,23?,24?,25?,26?,27-,28+/m0/s1. The van der Waals surface area contributed by atoms with Crippen molar-refractivity contribution >= 4 is 10.4 Å². The van der Waals surface area contributed by atoms with Crippen LogP contribution < -0.4 is 0 Å². The van der Waals surface area contributed by atoms with Gasteiger partial charge in [-0.15, -0.1) is 0 Å². The lowest BCUT2D eigenvalue weighted by Gasteiger charge is -2.62. The first-order valence-electron chi connectivity index (χ1n) is 14.2. The minimum absolute atomic E-state index is 0.160. The minimum Gasteiger partial charge on any atom is -0.393 e. The molecule has 4 fully saturated rings. The van der Waals surface area contributed by atoms with Crippen LogP contribution >= 0.6 is 0 Å². The van der Waals surface area contributed by atoms with E-state index < -0.39 is 16.5 Å². The van der Waals surface area contributed by atoms with Gasteiger partial charge in [0, 0.05) is 5.92 Å². The molecule has 0 heterocycles. The smallest absolute Gasteiger partial charge is 0.393 e. The maximum absolute atomic E-state index is 11.5. The highest BCUT2D eigenvalue weighted by molar-refractivity contribution is 7.80. The van der Waals surface area contributed by atoms with Crippen LogP contribution in [-0.2, 0) is 14.6 Å². The van der Waals surface area contributed by atoms with Gasteiger partial charge in [-0.1, -0.05) is 41.0 Å². The molecule has 4 rings (SSSR count). The van der Waals surface area contributed by atoms with Gasteiger partial charge in [-0.05, 0) is 110 Å². The fourth-order valence-electron chi connectivity index (χ4n) is 9.64. The van der Waals surface area contributed by atoms with Gasteiger partial charge in [-0.25, -0.2) is 4.18 Å². The molecule has 6 nitrogen and oxygen atoms in total. The predicted octanol–water partition coefficient (Wildman–Crippen LogP) is 5.48. The van der Waals surface area contributed by atoms with Crippen LogP contribution in [0.4, 0.5) is 0 Å². The number of hydrogen-bond donors (Lipinski definition) is 3. The highest BCUT2D eigenvalue weighted by Crippen LogP contribution is 2.68. The molecule has 12 atom stereocenters. The van der Waals surface area contributed by atoms with Crippen molar-refractivity contribution in [2.45, 2.75) is 111 Å². The molecule has 7 unspecified atom stereocenters. The Hall–Kier alpha value is -0.210. The molecule has 4 aliphatic carbocycles. The van der Waals surface area contributed by atoms with Crippen LogP contribution in [0.1, 0.15) is 98.8 Å². The monoisotopic (exact) mass is 514 g/mol. The zero-order valence-corrected chi connectivity index (χ0v) is 23.3. The molecule has 0 amide bonds. The first-order valence-corrected chi connectivity index (χ1v) is 15.6. The molecule has 0 aromatic heterocycles. The van der Waals surface area contributed by atoms with Gasteiger partial charge in [0.15, 0.2) is 0 Å². The number of aliphatic hydroxyl groups excluding tert-OH is 2. The Balaban J connectivity index is 1.40. The molecule has 0 aromatic carbocycles. The average Bonchev–Trinajstić information content (AvgIpc) is 3.13. The van der Waals surface area contributed by atoms with E-state index in [2.05, 4.69) is 31.9 Å². The molecule has 4 aliphatic rings. The third kappa shape index (κ3) is 5.36. The third-order valence-electron chi connectivity index (χ3n) is 11.8. The van der Waals surface area contributed by atoms with Crippen LogP contribution in [0.5, 0.6) is 0 Å². The summed E-state index contributed by atoms with van der Waals surface area (Å²) in [4.78, 5) is 0. The van der Waals surface area contributed by atoms with E-state index in [4.69, 9.17) is 4.55 Å². The van der Waals surface area contributed by atoms with E-state index in [1.165, 1.54) is 44.9 Å². The van der Waals surface area contributed by atoms with Gasteiger partial charge >= 0.3 is 10.4 Å². The number of hydrogen-bond acceptors (Lipinski definition) is 5. The zero-order valence-electron chi connectivity index (χ0n) is 22.5. The van der Waals surface area contributed by atoms with Crippen LogP contribution in [-0.4, -0.2) is 42.0 Å². The quantitative estimate of drug-likeness (QED) is 0.370. The summed E-state index contributed by atoms with van der Waals surface area (Å²) in [6.07, 6.45) is 10.5. The van der Waals surface area contributed by atoms with Gasteiger partial charge in [0.25, 0.3) is 0 Å². The third-order valence-corrected chi connectivity index (χ3v) is 12.2. The molecule has 3 N–H and O–H groups in total. The second kappa shape index (κ2) is 10.2. The van der Waals surface area contributed by atoms with Gasteiger partial charge < -0.3 is 10.2 Å².